The molecule has 0 radical (unpaired) electrons. The molecule has 1 amide bonds. The molecule has 1 aromatic rings. The third-order valence-corrected chi connectivity index (χ3v) is 3.68. The van der Waals surface area contributed by atoms with Crippen LogP contribution in [0.15, 0.2) is 24.3 Å². The summed E-state index contributed by atoms with van der Waals surface area (Å²) in [6.45, 7) is 1.18. The van der Waals surface area contributed by atoms with Crippen LogP contribution in [0.1, 0.15) is 18.4 Å². The summed E-state index contributed by atoms with van der Waals surface area (Å²) >= 11 is 5.66. The maximum atomic E-state index is 13.0. The summed E-state index contributed by atoms with van der Waals surface area (Å²) in [6, 6.07) is 4.20. The predicted molar refractivity (Wildman–Crippen MR) is 78.5 cm³/mol. The van der Waals surface area contributed by atoms with Crippen LogP contribution in [0, 0.1) is 5.82 Å². The van der Waals surface area contributed by atoms with Crippen molar-refractivity contribution in [2.45, 2.75) is 18.4 Å². The van der Waals surface area contributed by atoms with Gasteiger partial charge in [0, 0.05) is 38.7 Å². The zero-order valence-corrected chi connectivity index (χ0v) is 12.2. The molecule has 4 nitrogen and oxygen atoms in total. The van der Waals surface area contributed by atoms with E-state index >= 15 is 0 Å². The first-order valence-corrected chi connectivity index (χ1v) is 7.07. The molecular formula is C15H17ClFNO3. The Bertz CT molecular complexity index is 542. The van der Waals surface area contributed by atoms with Crippen LogP contribution < -0.4 is 5.32 Å². The molecule has 2 N–H and O–H groups in total. The molecular weight excluding hydrogens is 297 g/mol. The number of hydrogen-bond donors (Lipinski definition) is 2. The molecule has 0 spiro atoms. The molecule has 0 saturated carbocycles. The van der Waals surface area contributed by atoms with E-state index in [1.165, 1.54) is 30.4 Å². The minimum Gasteiger partial charge on any atom is -0.388 e. The number of nitrogens with one attached hydrogen (secondary N) is 1. The van der Waals surface area contributed by atoms with E-state index < -0.39 is 11.4 Å². The Morgan fingerprint density at radius 1 is 1.48 bits per heavy atom. The van der Waals surface area contributed by atoms with Gasteiger partial charge in [-0.2, -0.15) is 0 Å². The average molecular weight is 314 g/mol. The molecule has 0 atom stereocenters. The lowest BCUT2D eigenvalue weighted by molar-refractivity contribution is -0.119. The molecule has 21 heavy (non-hydrogen) atoms. The van der Waals surface area contributed by atoms with Crippen LogP contribution in [-0.4, -0.2) is 36.4 Å². The second-order valence-corrected chi connectivity index (χ2v) is 5.47. The SMILES string of the molecule is O=C(/C=C/c1ccc(F)c(Cl)c1)NCC1(O)CCOCC1. The van der Waals surface area contributed by atoms with Crippen molar-refractivity contribution in [3.8, 4) is 0 Å². The lowest BCUT2D eigenvalue weighted by Gasteiger charge is -2.31. The highest BCUT2D eigenvalue weighted by Crippen LogP contribution is 2.19. The number of benzene rings is 1. The van der Waals surface area contributed by atoms with Crippen LogP contribution in [-0.2, 0) is 9.53 Å². The fraction of sp³-hybridized carbons (Fsp3) is 0.400. The topological polar surface area (TPSA) is 58.6 Å². The van der Waals surface area contributed by atoms with Gasteiger partial charge in [-0.1, -0.05) is 17.7 Å². The fourth-order valence-electron chi connectivity index (χ4n) is 2.03. The van der Waals surface area contributed by atoms with Crippen molar-refractivity contribution >= 4 is 23.6 Å². The Labute approximate surface area is 127 Å². The van der Waals surface area contributed by atoms with Crippen molar-refractivity contribution in [2.75, 3.05) is 19.8 Å². The van der Waals surface area contributed by atoms with Crippen LogP contribution in [0.2, 0.25) is 5.02 Å². The van der Waals surface area contributed by atoms with Crippen molar-refractivity contribution in [2.24, 2.45) is 0 Å². The monoisotopic (exact) mass is 313 g/mol. The average Bonchev–Trinajstić information content (AvgIpc) is 2.47. The summed E-state index contributed by atoms with van der Waals surface area (Å²) in [5.41, 5.74) is -0.276. The third-order valence-electron chi connectivity index (χ3n) is 3.39. The van der Waals surface area contributed by atoms with Gasteiger partial charge in [0.2, 0.25) is 5.91 Å². The standard InChI is InChI=1S/C15H17ClFNO3/c16-12-9-11(1-3-13(12)17)2-4-14(19)18-10-15(20)5-7-21-8-6-15/h1-4,9,20H,5-8,10H2,(H,18,19)/b4-2+. The number of halogens is 2. The molecule has 0 aromatic heterocycles. The Balaban J connectivity index is 1.86. The second kappa shape index (κ2) is 7.02. The highest BCUT2D eigenvalue weighted by molar-refractivity contribution is 6.30. The number of carbonyl (C=O) groups is 1. The van der Waals surface area contributed by atoms with Crippen LogP contribution in [0.5, 0.6) is 0 Å². The van der Waals surface area contributed by atoms with Crippen LogP contribution in [0.25, 0.3) is 6.08 Å². The van der Waals surface area contributed by atoms with Gasteiger partial charge < -0.3 is 15.2 Å². The molecule has 6 heteroatoms. The molecule has 1 heterocycles. The van der Waals surface area contributed by atoms with Gasteiger partial charge in [-0.05, 0) is 23.8 Å². The molecule has 1 aliphatic rings. The highest BCUT2D eigenvalue weighted by atomic mass is 35.5. The van der Waals surface area contributed by atoms with Crippen LogP contribution in [0.3, 0.4) is 0 Å². The van der Waals surface area contributed by atoms with E-state index in [4.69, 9.17) is 16.3 Å². The van der Waals surface area contributed by atoms with Gasteiger partial charge in [0.25, 0.3) is 0 Å². The molecule has 0 unspecified atom stereocenters. The molecule has 0 bridgehead atoms. The molecule has 114 valence electrons. The normalized spacial score (nSPS) is 17.9. The number of carbonyl (C=O) groups excluding carboxylic acids is 1. The van der Waals surface area contributed by atoms with Gasteiger partial charge in [-0.15, -0.1) is 0 Å². The zero-order valence-electron chi connectivity index (χ0n) is 11.4. The summed E-state index contributed by atoms with van der Waals surface area (Å²) in [5, 5.41) is 12.9. The maximum absolute atomic E-state index is 13.0. The first-order valence-electron chi connectivity index (χ1n) is 6.70. The third kappa shape index (κ3) is 4.81. The number of aliphatic hydroxyl groups is 1. The summed E-state index contributed by atoms with van der Waals surface area (Å²) in [6.07, 6.45) is 3.87. The fourth-order valence-corrected chi connectivity index (χ4v) is 2.22. The van der Waals surface area contributed by atoms with Crippen molar-refractivity contribution in [3.05, 3.63) is 40.7 Å². The largest absolute Gasteiger partial charge is 0.388 e. The van der Waals surface area contributed by atoms with Gasteiger partial charge in [0.1, 0.15) is 5.82 Å². The van der Waals surface area contributed by atoms with Gasteiger partial charge in [-0.25, -0.2) is 4.39 Å². The minimum absolute atomic E-state index is 0.00840. The number of rotatable bonds is 4. The summed E-state index contributed by atoms with van der Waals surface area (Å²) < 4.78 is 18.2. The van der Waals surface area contributed by atoms with Gasteiger partial charge in [0.15, 0.2) is 0 Å². The van der Waals surface area contributed by atoms with E-state index in [9.17, 15) is 14.3 Å². The Morgan fingerprint density at radius 3 is 2.86 bits per heavy atom. The molecule has 1 aromatic carbocycles. The maximum Gasteiger partial charge on any atom is 0.244 e. The minimum atomic E-state index is -0.902. The first kappa shape index (κ1) is 15.9. The zero-order chi connectivity index (χ0) is 15.3. The van der Waals surface area contributed by atoms with Crippen LogP contribution >= 0.6 is 11.6 Å². The van der Waals surface area contributed by atoms with E-state index in [2.05, 4.69) is 5.32 Å². The van der Waals surface area contributed by atoms with Crippen molar-refractivity contribution in [1.82, 2.24) is 5.32 Å². The lowest BCUT2D eigenvalue weighted by Crippen LogP contribution is -2.46. The van der Waals surface area contributed by atoms with Crippen molar-refractivity contribution in [3.63, 3.8) is 0 Å². The first-order chi connectivity index (χ1) is 9.98. The molecule has 0 aliphatic carbocycles. The van der Waals surface area contributed by atoms with E-state index in [-0.39, 0.29) is 17.5 Å². The number of amides is 1. The van der Waals surface area contributed by atoms with Gasteiger partial charge in [-0.3, -0.25) is 4.79 Å². The van der Waals surface area contributed by atoms with E-state index in [1.807, 2.05) is 0 Å². The van der Waals surface area contributed by atoms with Crippen LogP contribution in [0.4, 0.5) is 4.39 Å². The predicted octanol–water partition coefficient (Wildman–Crippen LogP) is 2.15. The Morgan fingerprint density at radius 2 is 2.19 bits per heavy atom. The summed E-state index contributed by atoms with van der Waals surface area (Å²) in [4.78, 5) is 11.7. The summed E-state index contributed by atoms with van der Waals surface area (Å²) in [5.74, 6) is -0.824. The summed E-state index contributed by atoms with van der Waals surface area (Å²) in [7, 11) is 0. The Kier molecular flexibility index (Phi) is 5.33. The Hall–Kier alpha value is -1.43. The molecule has 1 aliphatic heterocycles. The number of ether oxygens (including phenoxy) is 1. The molecule has 2 rings (SSSR count). The molecule has 1 fully saturated rings. The van der Waals surface area contributed by atoms with E-state index in [1.54, 1.807) is 0 Å². The van der Waals surface area contributed by atoms with Gasteiger partial charge in [0.05, 0.1) is 10.6 Å². The quantitative estimate of drug-likeness (QED) is 0.837. The lowest BCUT2D eigenvalue weighted by atomic mass is 9.94. The van der Waals surface area contributed by atoms with E-state index in [0.717, 1.165) is 0 Å². The number of hydrogen-bond acceptors (Lipinski definition) is 3. The van der Waals surface area contributed by atoms with Crippen molar-refractivity contribution in [1.29, 1.82) is 0 Å². The second-order valence-electron chi connectivity index (χ2n) is 5.06. The van der Waals surface area contributed by atoms with Gasteiger partial charge >= 0.3 is 0 Å². The van der Waals surface area contributed by atoms with E-state index in [0.29, 0.717) is 31.6 Å². The highest BCUT2D eigenvalue weighted by Gasteiger charge is 2.29. The smallest absolute Gasteiger partial charge is 0.244 e. The molecule has 1 saturated heterocycles. The van der Waals surface area contributed by atoms with Crippen molar-refractivity contribution < 1.29 is 19.0 Å².